The molecule has 0 saturated carbocycles. The van der Waals surface area contributed by atoms with Gasteiger partial charge in [-0.1, -0.05) is 18.2 Å². The quantitative estimate of drug-likeness (QED) is 0.628. The van der Waals surface area contributed by atoms with Gasteiger partial charge in [-0.05, 0) is 49.0 Å². The molecule has 4 nitrogen and oxygen atoms in total. The van der Waals surface area contributed by atoms with Crippen molar-refractivity contribution in [3.8, 4) is 0 Å². The molecule has 0 unspecified atom stereocenters. The normalized spacial score (nSPS) is 10.4. The van der Waals surface area contributed by atoms with Crippen LogP contribution in [0.1, 0.15) is 5.56 Å². The first kappa shape index (κ1) is 12.6. The molecule has 0 aliphatic heterocycles. The van der Waals surface area contributed by atoms with Crippen molar-refractivity contribution < 1.29 is 0 Å². The van der Waals surface area contributed by atoms with Crippen molar-refractivity contribution in [2.24, 2.45) is 0 Å². The number of nitrogens with zero attached hydrogens (tertiary/aromatic N) is 1. The summed E-state index contributed by atoms with van der Waals surface area (Å²) in [6.45, 7) is 2.04. The Labute approximate surface area is 122 Å². The monoisotopic (exact) mass is 282 g/mol. The fraction of sp³-hybridized carbons (Fsp3) is 0.0667. The van der Waals surface area contributed by atoms with E-state index < -0.39 is 0 Å². The summed E-state index contributed by atoms with van der Waals surface area (Å²) in [5.74, 6) is 0. The number of H-pyrrole nitrogens is 1. The smallest absolute Gasteiger partial charge is 0.175 e. The molecule has 0 fully saturated rings. The first-order chi connectivity index (χ1) is 9.72. The lowest BCUT2D eigenvalue weighted by atomic mass is 10.2. The molecule has 1 heterocycles. The largest absolute Gasteiger partial charge is 0.332 e. The zero-order valence-electron chi connectivity index (χ0n) is 11.0. The Balaban J connectivity index is 1.74. The number of aromatic nitrogens is 2. The highest BCUT2D eigenvalue weighted by atomic mass is 32.1. The number of anilines is 2. The maximum Gasteiger partial charge on any atom is 0.175 e. The number of para-hydroxylation sites is 1. The van der Waals surface area contributed by atoms with Crippen LogP contribution in [0.4, 0.5) is 11.4 Å². The van der Waals surface area contributed by atoms with Gasteiger partial charge in [-0.15, -0.1) is 0 Å². The van der Waals surface area contributed by atoms with Gasteiger partial charge in [0.25, 0.3) is 0 Å². The molecule has 0 bridgehead atoms. The van der Waals surface area contributed by atoms with E-state index in [0.29, 0.717) is 5.11 Å². The third-order valence-electron chi connectivity index (χ3n) is 3.09. The summed E-state index contributed by atoms with van der Waals surface area (Å²) in [4.78, 5) is 0. The maximum atomic E-state index is 5.33. The highest BCUT2D eigenvalue weighted by Crippen LogP contribution is 2.18. The molecule has 3 N–H and O–H groups in total. The third kappa shape index (κ3) is 2.62. The summed E-state index contributed by atoms with van der Waals surface area (Å²) in [5, 5.41) is 15.0. The van der Waals surface area contributed by atoms with Gasteiger partial charge in [0.1, 0.15) is 0 Å². The molecule has 0 saturated heterocycles. The third-order valence-corrected chi connectivity index (χ3v) is 3.30. The average molecular weight is 282 g/mol. The molecule has 2 aromatic carbocycles. The minimum atomic E-state index is 0.568. The molecule has 0 radical (unpaired) electrons. The van der Waals surface area contributed by atoms with Gasteiger partial charge in [-0.3, -0.25) is 5.10 Å². The van der Waals surface area contributed by atoms with Gasteiger partial charge in [-0.25, -0.2) is 0 Å². The van der Waals surface area contributed by atoms with Crippen molar-refractivity contribution >= 4 is 39.6 Å². The Morgan fingerprint density at radius 3 is 2.85 bits per heavy atom. The van der Waals surface area contributed by atoms with Crippen LogP contribution in [0, 0.1) is 6.92 Å². The van der Waals surface area contributed by atoms with Gasteiger partial charge < -0.3 is 10.6 Å². The number of benzene rings is 2. The lowest BCUT2D eigenvalue weighted by molar-refractivity contribution is 1.12. The first-order valence-corrected chi connectivity index (χ1v) is 6.70. The zero-order chi connectivity index (χ0) is 13.9. The lowest BCUT2D eigenvalue weighted by Gasteiger charge is -2.12. The summed E-state index contributed by atoms with van der Waals surface area (Å²) in [6, 6.07) is 14.0. The van der Waals surface area contributed by atoms with Crippen molar-refractivity contribution in [2.75, 3.05) is 10.6 Å². The molecular weight excluding hydrogens is 268 g/mol. The topological polar surface area (TPSA) is 52.7 Å². The van der Waals surface area contributed by atoms with Crippen LogP contribution in [-0.4, -0.2) is 15.3 Å². The number of aromatic amines is 1. The van der Waals surface area contributed by atoms with Crippen LogP contribution in [0.3, 0.4) is 0 Å². The number of nitrogens with one attached hydrogen (secondary N) is 3. The van der Waals surface area contributed by atoms with E-state index in [9.17, 15) is 0 Å². The number of aryl methyl sites for hydroxylation is 1. The predicted molar refractivity (Wildman–Crippen MR) is 87.1 cm³/mol. The van der Waals surface area contributed by atoms with Crippen molar-refractivity contribution in [2.45, 2.75) is 6.92 Å². The number of rotatable bonds is 2. The molecule has 1 aromatic heterocycles. The minimum absolute atomic E-state index is 0.568. The summed E-state index contributed by atoms with van der Waals surface area (Å²) >= 11 is 5.33. The van der Waals surface area contributed by atoms with E-state index in [1.165, 1.54) is 0 Å². The van der Waals surface area contributed by atoms with Crippen molar-refractivity contribution in [3.05, 3.63) is 54.2 Å². The number of fused-ring (bicyclic) bond motifs is 1. The van der Waals surface area contributed by atoms with Crippen LogP contribution >= 0.6 is 12.2 Å². The van der Waals surface area contributed by atoms with Crippen molar-refractivity contribution in [3.63, 3.8) is 0 Å². The molecule has 0 aliphatic rings. The molecule has 20 heavy (non-hydrogen) atoms. The standard InChI is InChI=1S/C15H14N4S/c1-10-4-2-3-5-13(10)18-15(20)17-12-7-6-11-9-16-19-14(11)8-12/h2-9H,1H3,(H,16,19)(H2,17,18,20). The van der Waals surface area contributed by atoms with Crippen LogP contribution in [0.5, 0.6) is 0 Å². The van der Waals surface area contributed by atoms with Gasteiger partial charge in [-0.2, -0.15) is 5.10 Å². The Kier molecular flexibility index (Phi) is 3.35. The SMILES string of the molecule is Cc1ccccc1NC(=S)Nc1ccc2cn[nH]c2c1. The molecule has 3 aromatic rings. The van der Waals surface area contributed by atoms with Crippen molar-refractivity contribution in [1.82, 2.24) is 10.2 Å². The van der Waals surface area contributed by atoms with E-state index in [0.717, 1.165) is 27.8 Å². The maximum absolute atomic E-state index is 5.33. The number of hydrogen-bond donors (Lipinski definition) is 3. The van der Waals surface area contributed by atoms with Crippen molar-refractivity contribution in [1.29, 1.82) is 0 Å². The molecule has 0 aliphatic carbocycles. The molecule has 5 heteroatoms. The zero-order valence-corrected chi connectivity index (χ0v) is 11.8. The van der Waals surface area contributed by atoms with E-state index in [-0.39, 0.29) is 0 Å². The summed E-state index contributed by atoms with van der Waals surface area (Å²) < 4.78 is 0. The van der Waals surface area contributed by atoms with Gasteiger partial charge in [0, 0.05) is 16.8 Å². The molecule has 0 atom stereocenters. The fourth-order valence-electron chi connectivity index (χ4n) is 2.01. The highest BCUT2D eigenvalue weighted by molar-refractivity contribution is 7.80. The fourth-order valence-corrected chi connectivity index (χ4v) is 2.24. The Morgan fingerprint density at radius 1 is 1.15 bits per heavy atom. The van der Waals surface area contributed by atoms with Gasteiger partial charge >= 0.3 is 0 Å². The Bertz CT molecular complexity index is 763. The van der Waals surface area contributed by atoms with Crippen LogP contribution in [0.15, 0.2) is 48.7 Å². The molecule has 0 spiro atoms. The van der Waals surface area contributed by atoms with Crippen LogP contribution in [-0.2, 0) is 0 Å². The van der Waals surface area contributed by atoms with Gasteiger partial charge in [0.05, 0.1) is 11.7 Å². The molecular formula is C15H14N4S. The van der Waals surface area contributed by atoms with Crippen LogP contribution in [0.25, 0.3) is 10.9 Å². The number of thiocarbonyl (C=S) groups is 1. The molecule has 100 valence electrons. The van der Waals surface area contributed by atoms with Crippen LogP contribution in [0.2, 0.25) is 0 Å². The Morgan fingerprint density at radius 2 is 2.00 bits per heavy atom. The van der Waals surface area contributed by atoms with E-state index in [2.05, 4.69) is 20.8 Å². The Hall–Kier alpha value is -2.40. The van der Waals surface area contributed by atoms with E-state index in [4.69, 9.17) is 12.2 Å². The van der Waals surface area contributed by atoms with E-state index in [1.807, 2.05) is 49.4 Å². The van der Waals surface area contributed by atoms with E-state index in [1.54, 1.807) is 6.20 Å². The summed E-state index contributed by atoms with van der Waals surface area (Å²) in [6.07, 6.45) is 1.79. The average Bonchev–Trinajstić information content (AvgIpc) is 2.89. The van der Waals surface area contributed by atoms with Gasteiger partial charge in [0.15, 0.2) is 5.11 Å². The second-order valence-corrected chi connectivity index (χ2v) is 4.97. The first-order valence-electron chi connectivity index (χ1n) is 6.29. The predicted octanol–water partition coefficient (Wildman–Crippen LogP) is 3.68. The molecule has 3 rings (SSSR count). The lowest BCUT2D eigenvalue weighted by Crippen LogP contribution is -2.19. The molecule has 0 amide bonds. The number of hydrogen-bond acceptors (Lipinski definition) is 2. The second kappa shape index (κ2) is 5.30. The summed E-state index contributed by atoms with van der Waals surface area (Å²) in [7, 11) is 0. The highest BCUT2D eigenvalue weighted by Gasteiger charge is 2.02. The van der Waals surface area contributed by atoms with Gasteiger partial charge in [0.2, 0.25) is 0 Å². The van der Waals surface area contributed by atoms with Crippen LogP contribution < -0.4 is 10.6 Å². The van der Waals surface area contributed by atoms with E-state index >= 15 is 0 Å². The minimum Gasteiger partial charge on any atom is -0.332 e. The summed E-state index contributed by atoms with van der Waals surface area (Å²) in [5.41, 5.74) is 4.06. The second-order valence-electron chi connectivity index (χ2n) is 4.57.